The Bertz CT molecular complexity index is 574. The van der Waals surface area contributed by atoms with Crippen LogP contribution in [0.3, 0.4) is 0 Å². The third-order valence-corrected chi connectivity index (χ3v) is 3.88. The zero-order valence-electron chi connectivity index (χ0n) is 12.3. The quantitative estimate of drug-likeness (QED) is 0.835. The third kappa shape index (κ3) is 4.02. The number of benzene rings is 1. The summed E-state index contributed by atoms with van der Waals surface area (Å²) in [6.45, 7) is 5.08. The number of nitrogens with zero attached hydrogens (tertiary/aromatic N) is 1. The molecule has 2 nitrogen and oxygen atoms in total. The Morgan fingerprint density at radius 2 is 2.10 bits per heavy atom. The van der Waals surface area contributed by atoms with Crippen molar-refractivity contribution < 1.29 is 4.39 Å². The Kier molecular flexibility index (Phi) is 5.71. The van der Waals surface area contributed by atoms with Gasteiger partial charge in [-0.05, 0) is 42.8 Å². The van der Waals surface area contributed by atoms with E-state index in [9.17, 15) is 4.39 Å². The van der Waals surface area contributed by atoms with Crippen LogP contribution in [0.4, 0.5) is 4.39 Å². The average molecular weight is 307 g/mol. The van der Waals surface area contributed by atoms with E-state index < -0.39 is 0 Å². The van der Waals surface area contributed by atoms with Gasteiger partial charge in [0, 0.05) is 23.9 Å². The first-order chi connectivity index (χ1) is 10.1. The molecule has 0 spiro atoms. The van der Waals surface area contributed by atoms with Gasteiger partial charge in [0.1, 0.15) is 5.82 Å². The topological polar surface area (TPSA) is 24.9 Å². The van der Waals surface area contributed by atoms with Crippen LogP contribution in [-0.4, -0.2) is 11.5 Å². The minimum atomic E-state index is -0.384. The maximum Gasteiger partial charge on any atom is 0.142 e. The molecule has 21 heavy (non-hydrogen) atoms. The summed E-state index contributed by atoms with van der Waals surface area (Å²) in [5.74, 6) is -0.246. The van der Waals surface area contributed by atoms with E-state index in [0.29, 0.717) is 0 Å². The molecule has 1 N–H and O–H groups in total. The molecule has 2 aromatic rings. The molecule has 2 atom stereocenters. The van der Waals surface area contributed by atoms with Crippen molar-refractivity contribution in [1.82, 2.24) is 10.3 Å². The Morgan fingerprint density at radius 3 is 2.71 bits per heavy atom. The summed E-state index contributed by atoms with van der Waals surface area (Å²) in [6, 6.07) is 10.9. The molecule has 0 fully saturated rings. The van der Waals surface area contributed by atoms with Crippen LogP contribution in [-0.2, 0) is 0 Å². The summed E-state index contributed by atoms with van der Waals surface area (Å²) in [5, 5.41) is 3.63. The van der Waals surface area contributed by atoms with Crippen molar-refractivity contribution in [2.75, 3.05) is 6.54 Å². The van der Waals surface area contributed by atoms with Crippen LogP contribution in [0.15, 0.2) is 42.6 Å². The molecular weight excluding hydrogens is 287 g/mol. The molecular formula is C17H20ClFN2. The van der Waals surface area contributed by atoms with Crippen molar-refractivity contribution in [2.45, 2.75) is 32.2 Å². The van der Waals surface area contributed by atoms with E-state index in [4.69, 9.17) is 11.6 Å². The van der Waals surface area contributed by atoms with Crippen LogP contribution < -0.4 is 5.32 Å². The molecule has 0 saturated heterocycles. The fourth-order valence-corrected chi connectivity index (χ4v) is 2.52. The van der Waals surface area contributed by atoms with Crippen molar-refractivity contribution in [3.63, 3.8) is 0 Å². The van der Waals surface area contributed by atoms with Gasteiger partial charge >= 0.3 is 0 Å². The van der Waals surface area contributed by atoms with Crippen molar-refractivity contribution >= 4 is 11.6 Å². The highest BCUT2D eigenvalue weighted by Crippen LogP contribution is 2.31. The molecule has 1 heterocycles. The molecule has 1 aromatic heterocycles. The number of aromatic nitrogens is 1. The number of hydrogen-bond donors (Lipinski definition) is 1. The lowest BCUT2D eigenvalue weighted by molar-refractivity contribution is 0.457. The molecule has 0 aliphatic heterocycles. The van der Waals surface area contributed by atoms with Crippen molar-refractivity contribution in [1.29, 1.82) is 0 Å². The Hall–Kier alpha value is -1.45. The first kappa shape index (κ1) is 15.9. The lowest BCUT2D eigenvalue weighted by Crippen LogP contribution is -2.27. The number of rotatable bonds is 6. The maximum absolute atomic E-state index is 13.8. The SMILES string of the molecule is CCCNC(c1ccc(Cl)c(F)c1)C(C)c1ccccn1. The van der Waals surface area contributed by atoms with Gasteiger partial charge in [0.15, 0.2) is 0 Å². The van der Waals surface area contributed by atoms with Crippen molar-refractivity contribution in [3.05, 3.63) is 64.7 Å². The molecule has 4 heteroatoms. The van der Waals surface area contributed by atoms with E-state index in [-0.39, 0.29) is 22.8 Å². The fourth-order valence-electron chi connectivity index (χ4n) is 2.41. The number of hydrogen-bond acceptors (Lipinski definition) is 2. The molecule has 1 aromatic carbocycles. The zero-order chi connectivity index (χ0) is 15.2. The van der Waals surface area contributed by atoms with Gasteiger partial charge in [0.05, 0.1) is 5.02 Å². The van der Waals surface area contributed by atoms with E-state index >= 15 is 0 Å². The molecule has 0 aliphatic rings. The summed E-state index contributed by atoms with van der Waals surface area (Å²) in [6.07, 6.45) is 2.80. The second kappa shape index (κ2) is 7.53. The van der Waals surface area contributed by atoms with Gasteiger partial charge in [-0.25, -0.2) is 4.39 Å². The molecule has 112 valence electrons. The lowest BCUT2D eigenvalue weighted by atomic mass is 9.91. The predicted molar refractivity (Wildman–Crippen MR) is 85.1 cm³/mol. The van der Waals surface area contributed by atoms with Gasteiger partial charge in [0.25, 0.3) is 0 Å². The lowest BCUT2D eigenvalue weighted by Gasteiger charge is -2.25. The summed E-state index contributed by atoms with van der Waals surface area (Å²) < 4.78 is 13.8. The van der Waals surface area contributed by atoms with Crippen LogP contribution in [0.2, 0.25) is 5.02 Å². The number of nitrogens with one attached hydrogen (secondary N) is 1. The Morgan fingerprint density at radius 1 is 1.29 bits per heavy atom. The molecule has 2 rings (SSSR count). The normalized spacial score (nSPS) is 13.9. The highest BCUT2D eigenvalue weighted by Gasteiger charge is 2.22. The highest BCUT2D eigenvalue weighted by molar-refractivity contribution is 6.30. The minimum Gasteiger partial charge on any atom is -0.309 e. The molecule has 0 aliphatic carbocycles. The van der Waals surface area contributed by atoms with E-state index in [2.05, 4.69) is 24.1 Å². The summed E-state index contributed by atoms with van der Waals surface area (Å²) >= 11 is 5.78. The second-order valence-electron chi connectivity index (χ2n) is 5.15. The van der Waals surface area contributed by atoms with Crippen LogP contribution in [0.5, 0.6) is 0 Å². The minimum absolute atomic E-state index is 0.00613. The summed E-state index contributed by atoms with van der Waals surface area (Å²) in [5.41, 5.74) is 1.88. The number of pyridine rings is 1. The molecule has 0 amide bonds. The van der Waals surface area contributed by atoms with Crippen molar-refractivity contribution in [2.24, 2.45) is 0 Å². The third-order valence-electron chi connectivity index (χ3n) is 3.57. The van der Waals surface area contributed by atoms with Gasteiger partial charge in [-0.2, -0.15) is 0 Å². The monoisotopic (exact) mass is 306 g/mol. The van der Waals surface area contributed by atoms with Gasteiger partial charge in [-0.3, -0.25) is 4.98 Å². The van der Waals surface area contributed by atoms with Crippen LogP contribution in [0.25, 0.3) is 0 Å². The van der Waals surface area contributed by atoms with Gasteiger partial charge < -0.3 is 5.32 Å². The van der Waals surface area contributed by atoms with E-state index in [0.717, 1.165) is 24.2 Å². The molecule has 0 saturated carbocycles. The van der Waals surface area contributed by atoms with E-state index in [1.807, 2.05) is 24.3 Å². The van der Waals surface area contributed by atoms with Crippen LogP contribution in [0.1, 0.15) is 43.5 Å². The standard InChI is InChI=1S/C17H20ClFN2/c1-3-9-21-17(12(2)16-6-4-5-10-20-16)13-7-8-14(18)15(19)11-13/h4-8,10-12,17,21H,3,9H2,1-2H3. The maximum atomic E-state index is 13.8. The van der Waals surface area contributed by atoms with E-state index in [1.54, 1.807) is 12.3 Å². The number of halogens is 2. The fraction of sp³-hybridized carbons (Fsp3) is 0.353. The van der Waals surface area contributed by atoms with Gasteiger partial charge in [0.2, 0.25) is 0 Å². The molecule has 0 bridgehead atoms. The Balaban J connectivity index is 2.31. The second-order valence-corrected chi connectivity index (χ2v) is 5.56. The molecule has 2 unspecified atom stereocenters. The first-order valence-electron chi connectivity index (χ1n) is 7.22. The predicted octanol–water partition coefficient (Wildman–Crippen LogP) is 4.72. The average Bonchev–Trinajstić information content (AvgIpc) is 2.51. The molecule has 0 radical (unpaired) electrons. The van der Waals surface area contributed by atoms with E-state index in [1.165, 1.54) is 6.07 Å². The first-order valence-corrected chi connectivity index (χ1v) is 7.60. The van der Waals surface area contributed by atoms with Gasteiger partial charge in [-0.1, -0.05) is 37.6 Å². The van der Waals surface area contributed by atoms with Crippen molar-refractivity contribution in [3.8, 4) is 0 Å². The summed E-state index contributed by atoms with van der Waals surface area (Å²) in [4.78, 5) is 4.41. The van der Waals surface area contributed by atoms with Gasteiger partial charge in [-0.15, -0.1) is 0 Å². The Labute approximate surface area is 130 Å². The zero-order valence-corrected chi connectivity index (χ0v) is 13.1. The summed E-state index contributed by atoms with van der Waals surface area (Å²) in [7, 11) is 0. The highest BCUT2D eigenvalue weighted by atomic mass is 35.5. The smallest absolute Gasteiger partial charge is 0.142 e. The van der Waals surface area contributed by atoms with Crippen LogP contribution in [0, 0.1) is 5.82 Å². The van der Waals surface area contributed by atoms with Crippen LogP contribution >= 0.6 is 11.6 Å². The largest absolute Gasteiger partial charge is 0.309 e.